The van der Waals surface area contributed by atoms with E-state index in [1.54, 1.807) is 25.1 Å². The van der Waals surface area contributed by atoms with Crippen molar-refractivity contribution in [2.24, 2.45) is 0 Å². The Balaban J connectivity index is 1.57. The van der Waals surface area contributed by atoms with Crippen molar-refractivity contribution in [1.29, 1.82) is 0 Å². The van der Waals surface area contributed by atoms with Gasteiger partial charge in [0, 0.05) is 31.9 Å². The summed E-state index contributed by atoms with van der Waals surface area (Å²) < 4.78 is 12.4. The van der Waals surface area contributed by atoms with Crippen LogP contribution in [0.4, 0.5) is 5.82 Å². The number of nitrogens with zero attached hydrogens (tertiary/aromatic N) is 4. The van der Waals surface area contributed by atoms with Crippen LogP contribution in [0, 0.1) is 0 Å². The Morgan fingerprint density at radius 1 is 1.15 bits per heavy atom. The van der Waals surface area contributed by atoms with Crippen LogP contribution in [0.1, 0.15) is 32.3 Å². The van der Waals surface area contributed by atoms with Gasteiger partial charge in [0.2, 0.25) is 5.91 Å². The molecule has 2 heterocycles. The molecule has 9 nitrogen and oxygen atoms in total. The average Bonchev–Trinajstić information content (AvgIpc) is 3.27. The van der Waals surface area contributed by atoms with E-state index < -0.39 is 0 Å². The van der Waals surface area contributed by atoms with Crippen LogP contribution >= 0.6 is 11.8 Å². The molecule has 0 unspecified atom stereocenters. The number of methoxy groups -OCH3 is 1. The molecule has 2 N–H and O–H groups in total. The maximum atomic E-state index is 12.3. The van der Waals surface area contributed by atoms with E-state index in [1.807, 2.05) is 35.9 Å². The number of hydrogen-bond donors (Lipinski definition) is 2. The minimum atomic E-state index is 0.0133. The Morgan fingerprint density at radius 3 is 2.71 bits per heavy atom. The fraction of sp³-hybridized carbons (Fsp3) is 0.500. The number of benzene rings is 1. The highest BCUT2D eigenvalue weighted by atomic mass is 32.2. The smallest absolute Gasteiger partial charge is 0.220 e. The van der Waals surface area contributed by atoms with Gasteiger partial charge in [-0.15, -0.1) is 0 Å². The van der Waals surface area contributed by atoms with Crippen LogP contribution in [0.25, 0.3) is 11.0 Å². The number of thioether (sulfide) groups is 1. The number of nitrogens with one attached hydrogen (secondary N) is 2. The van der Waals surface area contributed by atoms with Crippen molar-refractivity contribution in [1.82, 2.24) is 25.1 Å². The third-order valence-electron chi connectivity index (χ3n) is 5.10. The zero-order valence-electron chi connectivity index (χ0n) is 20.2. The van der Waals surface area contributed by atoms with Gasteiger partial charge in [-0.25, -0.2) is 14.6 Å². The highest BCUT2D eigenvalue weighted by Gasteiger charge is 2.13. The van der Waals surface area contributed by atoms with Gasteiger partial charge >= 0.3 is 0 Å². The molecule has 0 atom stereocenters. The van der Waals surface area contributed by atoms with Gasteiger partial charge in [0.25, 0.3) is 0 Å². The number of carbonyl (C=O) groups excluding carboxylic acids is 1. The quantitative estimate of drug-likeness (QED) is 0.191. The van der Waals surface area contributed by atoms with E-state index in [0.717, 1.165) is 45.5 Å². The molecular weight excluding hydrogens is 452 g/mol. The summed E-state index contributed by atoms with van der Waals surface area (Å²) in [5, 5.41) is 12.4. The lowest BCUT2D eigenvalue weighted by Gasteiger charge is -2.10. The molecule has 0 aliphatic heterocycles. The average molecular weight is 487 g/mol. The van der Waals surface area contributed by atoms with Crippen molar-refractivity contribution in [2.75, 3.05) is 44.5 Å². The molecule has 0 fully saturated rings. The van der Waals surface area contributed by atoms with Crippen molar-refractivity contribution < 1.29 is 14.3 Å². The van der Waals surface area contributed by atoms with Gasteiger partial charge in [-0.05, 0) is 37.5 Å². The number of carbonyl (C=O) groups is 1. The van der Waals surface area contributed by atoms with Gasteiger partial charge < -0.3 is 20.1 Å². The predicted octanol–water partition coefficient (Wildman–Crippen LogP) is 3.53. The lowest BCUT2D eigenvalue weighted by molar-refractivity contribution is -0.121. The predicted molar refractivity (Wildman–Crippen MR) is 136 cm³/mol. The Bertz CT molecular complexity index is 1040. The molecule has 10 heteroatoms. The van der Waals surface area contributed by atoms with Crippen LogP contribution in [0.2, 0.25) is 0 Å². The molecule has 3 rings (SSSR count). The van der Waals surface area contributed by atoms with Crippen molar-refractivity contribution >= 4 is 34.5 Å². The summed E-state index contributed by atoms with van der Waals surface area (Å²) in [6, 6.07) is 7.78. The molecule has 0 aliphatic carbocycles. The second-order valence-electron chi connectivity index (χ2n) is 7.63. The first-order valence-corrected chi connectivity index (χ1v) is 12.7. The topological polar surface area (TPSA) is 103 Å². The number of aryl methyl sites for hydroxylation is 1. The van der Waals surface area contributed by atoms with Crippen LogP contribution in [0.5, 0.6) is 5.75 Å². The zero-order chi connectivity index (χ0) is 24.2. The molecule has 0 bridgehead atoms. The minimum absolute atomic E-state index is 0.0133. The maximum Gasteiger partial charge on any atom is 0.220 e. The summed E-state index contributed by atoms with van der Waals surface area (Å²) in [5.41, 5.74) is 1.87. The summed E-state index contributed by atoms with van der Waals surface area (Å²) in [6.07, 6.45) is 3.93. The zero-order valence-corrected chi connectivity index (χ0v) is 21.0. The fourth-order valence-corrected chi connectivity index (χ4v) is 4.01. The molecule has 0 saturated carbocycles. The van der Waals surface area contributed by atoms with Crippen molar-refractivity contribution in [2.45, 2.75) is 44.8 Å². The van der Waals surface area contributed by atoms with Crippen LogP contribution in [0.15, 0.2) is 35.6 Å². The first-order valence-electron chi connectivity index (χ1n) is 11.7. The standard InChI is InChI=1S/C24H34N6O3S/c1-4-16-34-24-28-22(26-13-15-33-5-2)20-17-27-30(23(20)29-24)14-12-25-21(31)11-8-18-6-9-19(32-3)10-7-18/h6-7,9-10,17H,4-5,8,11-16H2,1-3H3,(H,25,31)(H,26,28,29). The van der Waals surface area contributed by atoms with Crippen LogP contribution in [-0.2, 0) is 22.5 Å². The summed E-state index contributed by atoms with van der Waals surface area (Å²) >= 11 is 1.63. The van der Waals surface area contributed by atoms with Gasteiger partial charge in [-0.1, -0.05) is 30.8 Å². The van der Waals surface area contributed by atoms with E-state index in [4.69, 9.17) is 14.5 Å². The van der Waals surface area contributed by atoms with Gasteiger partial charge in [0.1, 0.15) is 11.6 Å². The fourth-order valence-electron chi connectivity index (χ4n) is 3.32. The van der Waals surface area contributed by atoms with Gasteiger partial charge in [-0.2, -0.15) is 5.10 Å². The Labute approximate surface area is 205 Å². The third-order valence-corrected chi connectivity index (χ3v) is 6.15. The van der Waals surface area contributed by atoms with E-state index >= 15 is 0 Å². The Hall–Kier alpha value is -2.85. The number of ether oxygens (including phenoxy) is 2. The van der Waals surface area contributed by atoms with Crippen molar-refractivity contribution in [3.63, 3.8) is 0 Å². The minimum Gasteiger partial charge on any atom is -0.497 e. The number of rotatable bonds is 15. The normalized spacial score (nSPS) is 11.0. The van der Waals surface area contributed by atoms with Crippen molar-refractivity contribution in [3.05, 3.63) is 36.0 Å². The number of amides is 1. The lowest BCUT2D eigenvalue weighted by atomic mass is 10.1. The molecule has 0 spiro atoms. The first-order chi connectivity index (χ1) is 16.6. The molecule has 34 heavy (non-hydrogen) atoms. The number of aromatic nitrogens is 4. The van der Waals surface area contributed by atoms with E-state index in [2.05, 4.69) is 27.6 Å². The molecule has 2 aromatic heterocycles. The Kier molecular flexibility index (Phi) is 10.4. The molecule has 1 aromatic carbocycles. The number of anilines is 1. The second kappa shape index (κ2) is 13.8. The van der Waals surface area contributed by atoms with Gasteiger partial charge in [0.05, 0.1) is 31.8 Å². The molecule has 184 valence electrons. The highest BCUT2D eigenvalue weighted by Crippen LogP contribution is 2.24. The highest BCUT2D eigenvalue weighted by molar-refractivity contribution is 7.99. The molecule has 0 radical (unpaired) electrons. The maximum absolute atomic E-state index is 12.3. The van der Waals surface area contributed by atoms with Crippen LogP contribution < -0.4 is 15.4 Å². The molecule has 0 aliphatic rings. The Morgan fingerprint density at radius 2 is 1.97 bits per heavy atom. The van der Waals surface area contributed by atoms with E-state index in [-0.39, 0.29) is 5.91 Å². The van der Waals surface area contributed by atoms with E-state index in [9.17, 15) is 4.79 Å². The lowest BCUT2D eigenvalue weighted by Crippen LogP contribution is -2.27. The number of fused-ring (bicyclic) bond motifs is 1. The largest absolute Gasteiger partial charge is 0.497 e. The molecular formula is C24H34N6O3S. The van der Waals surface area contributed by atoms with Crippen molar-refractivity contribution in [3.8, 4) is 5.75 Å². The monoisotopic (exact) mass is 486 g/mol. The molecule has 0 saturated heterocycles. The second-order valence-corrected chi connectivity index (χ2v) is 8.69. The number of hydrogen-bond acceptors (Lipinski definition) is 8. The van der Waals surface area contributed by atoms with Crippen LogP contribution in [0.3, 0.4) is 0 Å². The van der Waals surface area contributed by atoms with Gasteiger partial charge in [0.15, 0.2) is 10.8 Å². The summed E-state index contributed by atoms with van der Waals surface area (Å²) in [4.78, 5) is 21.7. The SMILES string of the molecule is CCCSc1nc(NCCOCC)c2cnn(CCNC(=O)CCc3ccc(OC)cc3)c2n1. The summed E-state index contributed by atoms with van der Waals surface area (Å²) in [6.45, 7) is 7.07. The molecule has 3 aromatic rings. The summed E-state index contributed by atoms with van der Waals surface area (Å²) in [5.74, 6) is 2.53. The molecule has 1 amide bonds. The van der Waals surface area contributed by atoms with E-state index in [1.165, 1.54) is 0 Å². The summed E-state index contributed by atoms with van der Waals surface area (Å²) in [7, 11) is 1.64. The first kappa shape index (κ1) is 25.8. The van der Waals surface area contributed by atoms with E-state index in [0.29, 0.717) is 45.7 Å². The van der Waals surface area contributed by atoms with Gasteiger partial charge in [-0.3, -0.25) is 4.79 Å². The van der Waals surface area contributed by atoms with Crippen LogP contribution in [-0.4, -0.2) is 64.8 Å². The third kappa shape index (κ3) is 7.59.